The van der Waals surface area contributed by atoms with E-state index >= 15 is 0 Å². The Balaban J connectivity index is 1.58. The Morgan fingerprint density at radius 2 is 1.63 bits per heavy atom. The average molecular weight is 492 g/mol. The Hall–Kier alpha value is -3.05. The quantitative estimate of drug-likeness (QED) is 0.492. The molecule has 0 aromatic heterocycles. The van der Waals surface area contributed by atoms with Crippen LogP contribution in [0.4, 0.5) is 0 Å². The maximum atomic E-state index is 13.2. The summed E-state index contributed by atoms with van der Waals surface area (Å²) in [6.45, 7) is 2.39. The van der Waals surface area contributed by atoms with Crippen LogP contribution in [0.2, 0.25) is 5.02 Å². The van der Waals surface area contributed by atoms with Crippen molar-refractivity contribution in [3.8, 4) is 11.5 Å². The topological polar surface area (TPSA) is 55.8 Å². The zero-order valence-electron chi connectivity index (χ0n) is 20.4. The number of ether oxygens (including phenoxy) is 2. The van der Waals surface area contributed by atoms with Crippen LogP contribution >= 0.6 is 11.6 Å². The third kappa shape index (κ3) is 4.27. The molecule has 0 spiro atoms. The number of aryl methyl sites for hydroxylation is 1. The highest BCUT2D eigenvalue weighted by atomic mass is 35.5. The van der Waals surface area contributed by atoms with Gasteiger partial charge in [0.1, 0.15) is 6.61 Å². The average Bonchev–Trinajstić information content (AvgIpc) is 2.84. The molecule has 0 fully saturated rings. The molecule has 0 bridgehead atoms. The van der Waals surface area contributed by atoms with E-state index in [0.29, 0.717) is 36.0 Å². The van der Waals surface area contributed by atoms with E-state index in [1.165, 1.54) is 0 Å². The molecule has 0 radical (unpaired) electrons. The number of hydrogen-bond acceptors (Lipinski definition) is 5. The van der Waals surface area contributed by atoms with Crippen LogP contribution in [0.25, 0.3) is 0 Å². The van der Waals surface area contributed by atoms with Crippen molar-refractivity contribution in [1.29, 1.82) is 0 Å². The minimum absolute atomic E-state index is 0.114. The standard InChI is InChI=1S/C29H30ClNO4/c1-17-7-4-8-18(13-17)16-35-29-20(30)14-19(15-25(29)34-3)26-27-21(9-5-11-23(27)32)31(2)22-10-6-12-24(33)28(22)26/h4,7-8,13-15,26H,5-6,9-12,16H2,1-3H3. The van der Waals surface area contributed by atoms with Gasteiger partial charge in [-0.05, 0) is 55.9 Å². The van der Waals surface area contributed by atoms with Gasteiger partial charge in [0.05, 0.1) is 12.1 Å². The molecule has 1 aliphatic heterocycles. The lowest BCUT2D eigenvalue weighted by molar-refractivity contribution is -0.117. The van der Waals surface area contributed by atoms with Crippen LogP contribution in [-0.4, -0.2) is 30.6 Å². The summed E-state index contributed by atoms with van der Waals surface area (Å²) in [5.41, 5.74) is 6.54. The predicted molar refractivity (Wildman–Crippen MR) is 136 cm³/mol. The molecule has 2 aromatic carbocycles. The Kier molecular flexibility index (Phi) is 6.45. The molecule has 0 N–H and O–H groups in total. The molecule has 2 aliphatic carbocycles. The lowest BCUT2D eigenvalue weighted by atomic mass is 9.71. The van der Waals surface area contributed by atoms with Gasteiger partial charge in [-0.2, -0.15) is 0 Å². The fraction of sp³-hybridized carbons (Fsp3) is 0.379. The lowest BCUT2D eigenvalue weighted by Gasteiger charge is -2.42. The normalized spacial score (nSPS) is 18.6. The molecule has 35 heavy (non-hydrogen) atoms. The third-order valence-electron chi connectivity index (χ3n) is 7.30. The number of halogens is 1. The van der Waals surface area contributed by atoms with Crippen LogP contribution in [0.1, 0.15) is 61.1 Å². The first kappa shape index (κ1) is 23.7. The van der Waals surface area contributed by atoms with Crippen molar-refractivity contribution in [3.05, 3.63) is 80.7 Å². The highest BCUT2D eigenvalue weighted by Crippen LogP contribution is 2.50. The molecular weight excluding hydrogens is 462 g/mol. The zero-order chi connectivity index (χ0) is 24.7. The SMILES string of the molecule is COc1cc(C2C3=C(CCCC3=O)N(C)C3=C2C(=O)CCC3)cc(Cl)c1OCc1cccc(C)c1. The van der Waals surface area contributed by atoms with Gasteiger partial charge in [0.15, 0.2) is 23.1 Å². The number of nitrogens with zero attached hydrogens (tertiary/aromatic N) is 1. The van der Waals surface area contributed by atoms with Gasteiger partial charge in [-0.3, -0.25) is 9.59 Å². The van der Waals surface area contributed by atoms with Gasteiger partial charge < -0.3 is 14.4 Å². The van der Waals surface area contributed by atoms with E-state index in [4.69, 9.17) is 21.1 Å². The first-order chi connectivity index (χ1) is 16.9. The van der Waals surface area contributed by atoms with E-state index in [9.17, 15) is 9.59 Å². The van der Waals surface area contributed by atoms with Crippen LogP contribution < -0.4 is 9.47 Å². The van der Waals surface area contributed by atoms with E-state index in [2.05, 4.69) is 11.0 Å². The maximum absolute atomic E-state index is 13.2. The van der Waals surface area contributed by atoms with Crippen LogP contribution in [0.15, 0.2) is 58.9 Å². The third-order valence-corrected chi connectivity index (χ3v) is 7.58. The van der Waals surface area contributed by atoms with E-state index < -0.39 is 5.92 Å². The maximum Gasteiger partial charge on any atom is 0.180 e. The van der Waals surface area contributed by atoms with Crippen molar-refractivity contribution in [2.45, 2.75) is 58.0 Å². The summed E-state index contributed by atoms with van der Waals surface area (Å²) >= 11 is 6.76. The molecule has 2 aromatic rings. The number of carbonyl (C=O) groups is 2. The number of allylic oxidation sites excluding steroid dienone is 4. The molecule has 0 saturated carbocycles. The van der Waals surface area contributed by atoms with Crippen LogP contribution in [0.3, 0.4) is 0 Å². The van der Waals surface area contributed by atoms with Gasteiger partial charge in [-0.25, -0.2) is 0 Å². The molecule has 0 saturated heterocycles. The second kappa shape index (κ2) is 9.54. The van der Waals surface area contributed by atoms with E-state index in [0.717, 1.165) is 64.9 Å². The van der Waals surface area contributed by atoms with Gasteiger partial charge in [0, 0.05) is 48.3 Å². The van der Waals surface area contributed by atoms with Crippen molar-refractivity contribution in [1.82, 2.24) is 4.90 Å². The summed E-state index contributed by atoms with van der Waals surface area (Å²) < 4.78 is 11.8. The summed E-state index contributed by atoms with van der Waals surface area (Å²) in [6.07, 6.45) is 4.34. The Bertz CT molecular complexity index is 1230. The summed E-state index contributed by atoms with van der Waals surface area (Å²) in [5.74, 6) is 0.760. The Labute approximate surface area is 211 Å². The largest absolute Gasteiger partial charge is 0.493 e. The molecule has 1 heterocycles. The number of benzene rings is 2. The van der Waals surface area contributed by atoms with Gasteiger partial charge in [-0.15, -0.1) is 0 Å². The van der Waals surface area contributed by atoms with Crippen molar-refractivity contribution >= 4 is 23.2 Å². The van der Waals surface area contributed by atoms with E-state index in [-0.39, 0.29) is 11.6 Å². The highest BCUT2D eigenvalue weighted by Gasteiger charge is 2.42. The molecule has 0 unspecified atom stereocenters. The Morgan fingerprint density at radius 3 is 2.23 bits per heavy atom. The van der Waals surface area contributed by atoms with Crippen molar-refractivity contribution in [3.63, 3.8) is 0 Å². The number of methoxy groups -OCH3 is 1. The fourth-order valence-electron chi connectivity index (χ4n) is 5.69. The van der Waals surface area contributed by atoms with Crippen molar-refractivity contribution < 1.29 is 19.1 Å². The van der Waals surface area contributed by atoms with Crippen LogP contribution in [0, 0.1) is 6.92 Å². The summed E-state index contributed by atoms with van der Waals surface area (Å²) in [6, 6.07) is 11.8. The second-order valence-corrected chi connectivity index (χ2v) is 9.99. The Morgan fingerprint density at radius 1 is 0.971 bits per heavy atom. The van der Waals surface area contributed by atoms with Gasteiger partial charge in [0.25, 0.3) is 0 Å². The number of carbonyl (C=O) groups excluding carboxylic acids is 2. The van der Waals surface area contributed by atoms with E-state index in [1.54, 1.807) is 7.11 Å². The molecule has 3 aliphatic rings. The minimum atomic E-state index is -0.422. The molecule has 182 valence electrons. The monoisotopic (exact) mass is 491 g/mol. The minimum Gasteiger partial charge on any atom is -0.493 e. The summed E-state index contributed by atoms with van der Waals surface area (Å²) in [4.78, 5) is 28.6. The van der Waals surface area contributed by atoms with Gasteiger partial charge in [0.2, 0.25) is 0 Å². The first-order valence-corrected chi connectivity index (χ1v) is 12.6. The van der Waals surface area contributed by atoms with E-state index in [1.807, 2.05) is 44.3 Å². The molecule has 0 atom stereocenters. The molecule has 0 amide bonds. The van der Waals surface area contributed by atoms with Crippen molar-refractivity contribution in [2.75, 3.05) is 14.2 Å². The second-order valence-electron chi connectivity index (χ2n) is 9.58. The van der Waals surface area contributed by atoms with Crippen LogP contribution in [-0.2, 0) is 16.2 Å². The first-order valence-electron chi connectivity index (χ1n) is 12.2. The lowest BCUT2D eigenvalue weighted by Crippen LogP contribution is -2.37. The summed E-state index contributed by atoms with van der Waals surface area (Å²) in [5, 5.41) is 0.404. The number of rotatable bonds is 5. The molecular formula is C29H30ClNO4. The smallest absolute Gasteiger partial charge is 0.180 e. The number of ketones is 2. The fourth-order valence-corrected chi connectivity index (χ4v) is 5.96. The summed E-state index contributed by atoms with van der Waals surface area (Å²) in [7, 11) is 3.57. The zero-order valence-corrected chi connectivity index (χ0v) is 21.2. The number of Topliss-reactive ketones (excluding diaryl/α,β-unsaturated/α-hetero) is 2. The number of hydrogen-bond donors (Lipinski definition) is 0. The van der Waals surface area contributed by atoms with Gasteiger partial charge in [-0.1, -0.05) is 41.4 Å². The van der Waals surface area contributed by atoms with Gasteiger partial charge >= 0.3 is 0 Å². The molecule has 5 nitrogen and oxygen atoms in total. The molecule has 5 rings (SSSR count). The van der Waals surface area contributed by atoms with Crippen molar-refractivity contribution in [2.24, 2.45) is 0 Å². The molecule has 6 heteroatoms. The van der Waals surface area contributed by atoms with Crippen LogP contribution in [0.5, 0.6) is 11.5 Å². The highest BCUT2D eigenvalue weighted by molar-refractivity contribution is 6.32. The predicted octanol–water partition coefficient (Wildman–Crippen LogP) is 6.28.